The van der Waals surface area contributed by atoms with Crippen LogP contribution >= 0.6 is 0 Å². The number of likely N-dealkylation sites (N-methyl/N-ethyl adjacent to an activating group) is 2. The first kappa shape index (κ1) is 13.9. The average molecular weight is 273 g/mol. The molecule has 0 bridgehead atoms. The molecule has 0 radical (unpaired) electrons. The number of rotatable bonds is 4. The normalized spacial score (nSPS) is 22.9. The maximum absolute atomic E-state index is 3.49. The van der Waals surface area contributed by atoms with Crippen LogP contribution in [0.4, 0.5) is 5.69 Å². The highest BCUT2D eigenvalue weighted by atomic mass is 15.2. The van der Waals surface area contributed by atoms with Crippen LogP contribution in [0.15, 0.2) is 18.2 Å². The lowest BCUT2D eigenvalue weighted by molar-refractivity contribution is 0.215. The third-order valence-corrected chi connectivity index (χ3v) is 4.75. The molecule has 0 aromatic heterocycles. The largest absolute Gasteiger partial charge is 0.385 e. The number of benzene rings is 1. The summed E-state index contributed by atoms with van der Waals surface area (Å²) in [5, 5.41) is 3.49. The van der Waals surface area contributed by atoms with Crippen LogP contribution in [0.5, 0.6) is 0 Å². The molecular formula is C17H27N3. The number of anilines is 1. The van der Waals surface area contributed by atoms with Gasteiger partial charge in [-0.15, -0.1) is 0 Å². The van der Waals surface area contributed by atoms with Gasteiger partial charge in [0.1, 0.15) is 0 Å². The summed E-state index contributed by atoms with van der Waals surface area (Å²) in [6.45, 7) is 4.65. The molecule has 2 heterocycles. The van der Waals surface area contributed by atoms with Gasteiger partial charge in [-0.05, 0) is 63.5 Å². The monoisotopic (exact) mass is 273 g/mol. The summed E-state index contributed by atoms with van der Waals surface area (Å²) < 4.78 is 0. The Morgan fingerprint density at radius 1 is 1.35 bits per heavy atom. The molecule has 3 heteroatoms. The van der Waals surface area contributed by atoms with E-state index in [0.29, 0.717) is 0 Å². The summed E-state index contributed by atoms with van der Waals surface area (Å²) in [4.78, 5) is 4.98. The molecule has 0 amide bonds. The molecule has 1 unspecified atom stereocenters. The van der Waals surface area contributed by atoms with Crippen molar-refractivity contribution in [3.05, 3.63) is 29.3 Å². The molecule has 1 saturated heterocycles. The zero-order chi connectivity index (χ0) is 13.9. The Morgan fingerprint density at radius 2 is 2.25 bits per heavy atom. The van der Waals surface area contributed by atoms with E-state index in [-0.39, 0.29) is 0 Å². The summed E-state index contributed by atoms with van der Waals surface area (Å²) in [6, 6.07) is 7.70. The zero-order valence-electron chi connectivity index (χ0n) is 12.9. The van der Waals surface area contributed by atoms with E-state index in [1.54, 1.807) is 0 Å². The molecule has 2 aliphatic rings. The minimum absolute atomic E-state index is 0.749. The predicted octanol–water partition coefficient (Wildman–Crippen LogP) is 2.57. The number of hydrogen-bond acceptors (Lipinski definition) is 3. The van der Waals surface area contributed by atoms with Gasteiger partial charge in [-0.3, -0.25) is 0 Å². The van der Waals surface area contributed by atoms with Crippen LogP contribution in [0.25, 0.3) is 0 Å². The number of aryl methyl sites for hydroxylation is 1. The highest BCUT2D eigenvalue weighted by molar-refractivity contribution is 5.54. The SMILES string of the molecule is CN(Cc1ccc2c(c1)CCCN2)CC1CCCN1C. The van der Waals surface area contributed by atoms with Crippen LogP contribution in [0.3, 0.4) is 0 Å². The lowest BCUT2D eigenvalue weighted by atomic mass is 10.0. The van der Waals surface area contributed by atoms with E-state index >= 15 is 0 Å². The molecule has 2 aliphatic heterocycles. The molecule has 1 aromatic rings. The van der Waals surface area contributed by atoms with Gasteiger partial charge in [-0.25, -0.2) is 0 Å². The van der Waals surface area contributed by atoms with Crippen LogP contribution in [0.1, 0.15) is 30.4 Å². The van der Waals surface area contributed by atoms with Crippen molar-refractivity contribution in [1.29, 1.82) is 0 Å². The van der Waals surface area contributed by atoms with E-state index in [9.17, 15) is 0 Å². The fourth-order valence-electron chi connectivity index (χ4n) is 3.57. The first-order valence-corrected chi connectivity index (χ1v) is 7.97. The molecule has 0 aliphatic carbocycles. The van der Waals surface area contributed by atoms with Crippen molar-refractivity contribution in [2.75, 3.05) is 39.0 Å². The van der Waals surface area contributed by atoms with E-state index in [4.69, 9.17) is 0 Å². The fraction of sp³-hybridized carbons (Fsp3) is 0.647. The number of likely N-dealkylation sites (tertiary alicyclic amines) is 1. The van der Waals surface area contributed by atoms with Gasteiger partial charge in [0.05, 0.1) is 0 Å². The smallest absolute Gasteiger partial charge is 0.0372 e. The average Bonchev–Trinajstić information content (AvgIpc) is 2.84. The summed E-state index contributed by atoms with van der Waals surface area (Å²) in [5.74, 6) is 0. The molecule has 1 N–H and O–H groups in total. The van der Waals surface area contributed by atoms with Crippen molar-refractivity contribution in [2.45, 2.75) is 38.3 Å². The van der Waals surface area contributed by atoms with Crippen molar-refractivity contribution in [3.63, 3.8) is 0 Å². The number of hydrogen-bond donors (Lipinski definition) is 1. The van der Waals surface area contributed by atoms with Gasteiger partial charge < -0.3 is 15.1 Å². The summed E-state index contributed by atoms with van der Waals surface area (Å²) in [5.41, 5.74) is 4.30. The van der Waals surface area contributed by atoms with Crippen LogP contribution in [0, 0.1) is 0 Å². The molecule has 20 heavy (non-hydrogen) atoms. The number of nitrogens with one attached hydrogen (secondary N) is 1. The van der Waals surface area contributed by atoms with Gasteiger partial charge in [0, 0.05) is 31.4 Å². The van der Waals surface area contributed by atoms with Crippen LogP contribution in [-0.2, 0) is 13.0 Å². The fourth-order valence-corrected chi connectivity index (χ4v) is 3.57. The van der Waals surface area contributed by atoms with Crippen molar-refractivity contribution < 1.29 is 0 Å². The molecule has 0 saturated carbocycles. The van der Waals surface area contributed by atoms with Crippen molar-refractivity contribution in [1.82, 2.24) is 9.80 Å². The van der Waals surface area contributed by atoms with E-state index in [1.807, 2.05) is 0 Å². The molecule has 1 atom stereocenters. The second-order valence-corrected chi connectivity index (χ2v) is 6.50. The topological polar surface area (TPSA) is 18.5 Å². The molecule has 1 aromatic carbocycles. The third kappa shape index (κ3) is 3.15. The highest BCUT2D eigenvalue weighted by Gasteiger charge is 2.22. The molecular weight excluding hydrogens is 246 g/mol. The minimum atomic E-state index is 0.749. The Balaban J connectivity index is 1.59. The lowest BCUT2D eigenvalue weighted by Gasteiger charge is -2.26. The quantitative estimate of drug-likeness (QED) is 0.909. The van der Waals surface area contributed by atoms with E-state index in [2.05, 4.69) is 47.4 Å². The maximum atomic E-state index is 3.49. The van der Waals surface area contributed by atoms with Crippen molar-refractivity contribution in [2.24, 2.45) is 0 Å². The van der Waals surface area contributed by atoms with Crippen molar-refractivity contribution >= 4 is 5.69 Å². The predicted molar refractivity (Wildman–Crippen MR) is 85.2 cm³/mol. The highest BCUT2D eigenvalue weighted by Crippen LogP contribution is 2.23. The van der Waals surface area contributed by atoms with Crippen LogP contribution < -0.4 is 5.32 Å². The minimum Gasteiger partial charge on any atom is -0.385 e. The first-order chi connectivity index (χ1) is 9.72. The first-order valence-electron chi connectivity index (χ1n) is 7.97. The Kier molecular flexibility index (Phi) is 4.27. The summed E-state index contributed by atoms with van der Waals surface area (Å²) in [7, 11) is 4.51. The van der Waals surface area contributed by atoms with E-state index in [1.165, 1.54) is 55.6 Å². The Hall–Kier alpha value is -1.06. The summed E-state index contributed by atoms with van der Waals surface area (Å²) >= 11 is 0. The Labute approximate surface area is 123 Å². The number of fused-ring (bicyclic) bond motifs is 1. The van der Waals surface area contributed by atoms with Crippen LogP contribution in [-0.4, -0.2) is 49.6 Å². The Bertz CT molecular complexity index is 458. The molecule has 0 spiro atoms. The van der Waals surface area contributed by atoms with Gasteiger partial charge in [0.25, 0.3) is 0 Å². The Morgan fingerprint density at radius 3 is 3.05 bits per heavy atom. The molecule has 3 nitrogen and oxygen atoms in total. The second-order valence-electron chi connectivity index (χ2n) is 6.50. The van der Waals surface area contributed by atoms with Gasteiger partial charge in [-0.1, -0.05) is 12.1 Å². The van der Waals surface area contributed by atoms with Gasteiger partial charge >= 0.3 is 0 Å². The maximum Gasteiger partial charge on any atom is 0.0372 e. The van der Waals surface area contributed by atoms with E-state index < -0.39 is 0 Å². The zero-order valence-corrected chi connectivity index (χ0v) is 12.9. The van der Waals surface area contributed by atoms with Gasteiger partial charge in [0.2, 0.25) is 0 Å². The second kappa shape index (κ2) is 6.15. The molecule has 110 valence electrons. The van der Waals surface area contributed by atoms with Gasteiger partial charge in [0.15, 0.2) is 0 Å². The van der Waals surface area contributed by atoms with Crippen molar-refractivity contribution in [3.8, 4) is 0 Å². The molecule has 3 rings (SSSR count). The number of nitrogens with zero attached hydrogens (tertiary/aromatic N) is 2. The van der Waals surface area contributed by atoms with E-state index in [0.717, 1.165) is 19.1 Å². The molecule has 1 fully saturated rings. The van der Waals surface area contributed by atoms with Gasteiger partial charge in [-0.2, -0.15) is 0 Å². The van der Waals surface area contributed by atoms with Crippen LogP contribution in [0.2, 0.25) is 0 Å². The lowest BCUT2D eigenvalue weighted by Crippen LogP contribution is -2.36. The summed E-state index contributed by atoms with van der Waals surface area (Å²) in [6.07, 6.45) is 5.21. The standard InChI is InChI=1S/C17H27N3/c1-19(13-16-6-4-10-20(16)2)12-14-7-8-17-15(11-14)5-3-9-18-17/h7-8,11,16,18H,3-6,9-10,12-13H2,1-2H3. The third-order valence-electron chi connectivity index (χ3n) is 4.75.